The minimum absolute atomic E-state index is 0.135. The van der Waals surface area contributed by atoms with Crippen molar-refractivity contribution in [3.8, 4) is 0 Å². The highest BCUT2D eigenvalue weighted by atomic mass is 79.9. The van der Waals surface area contributed by atoms with Crippen LogP contribution >= 0.6 is 31.9 Å². The van der Waals surface area contributed by atoms with Gasteiger partial charge in [0.05, 0.1) is 5.56 Å². The van der Waals surface area contributed by atoms with Crippen molar-refractivity contribution in [3.05, 3.63) is 32.7 Å². The summed E-state index contributed by atoms with van der Waals surface area (Å²) in [7, 11) is 0. The van der Waals surface area contributed by atoms with E-state index < -0.39 is 0 Å². The summed E-state index contributed by atoms with van der Waals surface area (Å²) in [5.74, 6) is 0.135. The van der Waals surface area contributed by atoms with Crippen molar-refractivity contribution in [2.45, 2.75) is 52.4 Å². The van der Waals surface area contributed by atoms with Crippen molar-refractivity contribution in [3.63, 3.8) is 0 Å². The van der Waals surface area contributed by atoms with Crippen LogP contribution in [0, 0.1) is 0 Å². The predicted octanol–water partition coefficient (Wildman–Crippen LogP) is 6.03. The first-order valence-electron chi connectivity index (χ1n) is 7.84. The first-order valence-corrected chi connectivity index (χ1v) is 9.43. The number of rotatable bonds is 9. The molecule has 118 valence electrons. The van der Waals surface area contributed by atoms with Crippen LogP contribution in [-0.4, -0.2) is 23.9 Å². The van der Waals surface area contributed by atoms with Crippen molar-refractivity contribution in [2.75, 3.05) is 13.1 Å². The van der Waals surface area contributed by atoms with Crippen LogP contribution in [0.25, 0.3) is 0 Å². The van der Waals surface area contributed by atoms with E-state index >= 15 is 0 Å². The molecule has 0 aromatic heterocycles. The highest BCUT2D eigenvalue weighted by Crippen LogP contribution is 2.23. The molecule has 1 aromatic rings. The summed E-state index contributed by atoms with van der Waals surface area (Å²) >= 11 is 6.94. The van der Waals surface area contributed by atoms with Gasteiger partial charge in [-0.25, -0.2) is 0 Å². The standard InChI is InChI=1S/C17H25Br2NO/c1-3-5-7-11-20(12-8-6-4-2)17(21)15-13-14(18)9-10-16(15)19/h9-10,13H,3-8,11-12H2,1-2H3. The zero-order valence-electron chi connectivity index (χ0n) is 13.0. The zero-order valence-corrected chi connectivity index (χ0v) is 16.2. The Bertz CT molecular complexity index is 438. The fourth-order valence-electron chi connectivity index (χ4n) is 2.25. The van der Waals surface area contributed by atoms with Crippen molar-refractivity contribution in [2.24, 2.45) is 0 Å². The number of halogens is 2. The van der Waals surface area contributed by atoms with Gasteiger partial charge in [0.1, 0.15) is 0 Å². The van der Waals surface area contributed by atoms with Gasteiger partial charge in [-0.1, -0.05) is 55.5 Å². The monoisotopic (exact) mass is 417 g/mol. The second kappa shape index (κ2) is 10.4. The van der Waals surface area contributed by atoms with Crippen LogP contribution in [0.15, 0.2) is 27.1 Å². The second-order valence-electron chi connectivity index (χ2n) is 5.33. The predicted molar refractivity (Wildman–Crippen MR) is 96.8 cm³/mol. The van der Waals surface area contributed by atoms with Gasteiger partial charge in [0.15, 0.2) is 0 Å². The Kier molecular flexibility index (Phi) is 9.25. The Balaban J connectivity index is 2.79. The third-order valence-electron chi connectivity index (χ3n) is 3.51. The molecule has 0 bridgehead atoms. The van der Waals surface area contributed by atoms with Gasteiger partial charge in [0.25, 0.3) is 5.91 Å². The Morgan fingerprint density at radius 3 is 2.10 bits per heavy atom. The number of carbonyl (C=O) groups excluding carboxylic acids is 1. The Labute approximate surface area is 145 Å². The van der Waals surface area contributed by atoms with E-state index in [1.54, 1.807) is 0 Å². The maximum absolute atomic E-state index is 12.8. The molecule has 1 amide bonds. The smallest absolute Gasteiger partial charge is 0.255 e. The van der Waals surface area contributed by atoms with Crippen LogP contribution < -0.4 is 0 Å². The lowest BCUT2D eigenvalue weighted by molar-refractivity contribution is 0.0748. The Hall–Kier alpha value is -0.350. The van der Waals surface area contributed by atoms with E-state index in [2.05, 4.69) is 45.7 Å². The van der Waals surface area contributed by atoms with E-state index in [0.29, 0.717) is 0 Å². The number of carbonyl (C=O) groups is 1. The first kappa shape index (κ1) is 18.7. The number of unbranched alkanes of at least 4 members (excludes halogenated alkanes) is 4. The van der Waals surface area contributed by atoms with E-state index in [-0.39, 0.29) is 5.91 Å². The lowest BCUT2D eigenvalue weighted by Gasteiger charge is -2.23. The van der Waals surface area contributed by atoms with Gasteiger partial charge >= 0.3 is 0 Å². The van der Waals surface area contributed by atoms with Crippen molar-refractivity contribution in [1.29, 1.82) is 0 Å². The van der Waals surface area contributed by atoms with Gasteiger partial charge in [-0.05, 0) is 47.0 Å². The molecule has 0 aliphatic carbocycles. The number of hydrogen-bond donors (Lipinski definition) is 0. The summed E-state index contributed by atoms with van der Waals surface area (Å²) in [6.07, 6.45) is 6.88. The molecule has 0 saturated carbocycles. The minimum Gasteiger partial charge on any atom is -0.339 e. The molecule has 1 aromatic carbocycles. The van der Waals surface area contributed by atoms with Gasteiger partial charge in [0, 0.05) is 22.0 Å². The molecular formula is C17H25Br2NO. The molecule has 2 nitrogen and oxygen atoms in total. The maximum Gasteiger partial charge on any atom is 0.255 e. The molecule has 0 aliphatic heterocycles. The second-order valence-corrected chi connectivity index (χ2v) is 7.10. The third kappa shape index (κ3) is 6.52. The summed E-state index contributed by atoms with van der Waals surface area (Å²) in [5, 5.41) is 0. The molecule has 0 unspecified atom stereocenters. The quantitative estimate of drug-likeness (QED) is 0.448. The van der Waals surface area contributed by atoms with E-state index in [9.17, 15) is 4.79 Å². The fraction of sp³-hybridized carbons (Fsp3) is 0.588. The summed E-state index contributed by atoms with van der Waals surface area (Å²) < 4.78 is 1.81. The highest BCUT2D eigenvalue weighted by molar-refractivity contribution is 9.11. The average molecular weight is 419 g/mol. The van der Waals surface area contributed by atoms with E-state index in [0.717, 1.165) is 40.4 Å². The van der Waals surface area contributed by atoms with E-state index in [4.69, 9.17) is 0 Å². The van der Waals surface area contributed by atoms with Crippen LogP contribution in [0.5, 0.6) is 0 Å². The highest BCUT2D eigenvalue weighted by Gasteiger charge is 2.17. The molecule has 0 atom stereocenters. The van der Waals surface area contributed by atoms with Gasteiger partial charge in [0.2, 0.25) is 0 Å². The first-order chi connectivity index (χ1) is 10.1. The van der Waals surface area contributed by atoms with Gasteiger partial charge < -0.3 is 4.90 Å². The molecule has 1 rings (SSSR count). The number of benzene rings is 1. The molecule has 21 heavy (non-hydrogen) atoms. The lowest BCUT2D eigenvalue weighted by atomic mass is 10.1. The zero-order chi connectivity index (χ0) is 15.7. The summed E-state index contributed by atoms with van der Waals surface area (Å²) in [5.41, 5.74) is 0.748. The van der Waals surface area contributed by atoms with Crippen LogP contribution in [-0.2, 0) is 0 Å². The molecule has 4 heteroatoms. The molecule has 0 fully saturated rings. The fourth-order valence-corrected chi connectivity index (χ4v) is 3.03. The maximum atomic E-state index is 12.8. The van der Waals surface area contributed by atoms with Crippen molar-refractivity contribution >= 4 is 37.8 Å². The van der Waals surface area contributed by atoms with Crippen LogP contribution in [0.3, 0.4) is 0 Å². The van der Waals surface area contributed by atoms with Crippen molar-refractivity contribution in [1.82, 2.24) is 4.90 Å². The van der Waals surface area contributed by atoms with Crippen LogP contribution in [0.2, 0.25) is 0 Å². The van der Waals surface area contributed by atoms with Crippen LogP contribution in [0.4, 0.5) is 0 Å². The SMILES string of the molecule is CCCCCN(CCCCC)C(=O)c1cc(Br)ccc1Br. The summed E-state index contributed by atoms with van der Waals surface area (Å²) in [6.45, 7) is 6.09. The molecule has 0 radical (unpaired) electrons. The molecule has 0 aliphatic rings. The number of nitrogens with zero attached hydrogens (tertiary/aromatic N) is 1. The Morgan fingerprint density at radius 2 is 1.57 bits per heavy atom. The molecule has 0 saturated heterocycles. The van der Waals surface area contributed by atoms with E-state index in [1.165, 1.54) is 25.7 Å². The normalized spacial score (nSPS) is 10.7. The molecule has 0 spiro atoms. The van der Waals surface area contributed by atoms with E-state index in [1.807, 2.05) is 23.1 Å². The third-order valence-corrected chi connectivity index (χ3v) is 4.69. The summed E-state index contributed by atoms with van der Waals surface area (Å²) in [6, 6.07) is 5.77. The average Bonchev–Trinajstić information content (AvgIpc) is 2.48. The molecule has 0 N–H and O–H groups in total. The molecular weight excluding hydrogens is 394 g/mol. The topological polar surface area (TPSA) is 20.3 Å². The van der Waals surface area contributed by atoms with Crippen LogP contribution in [0.1, 0.15) is 62.7 Å². The minimum atomic E-state index is 0.135. The molecule has 0 heterocycles. The number of hydrogen-bond acceptors (Lipinski definition) is 1. The van der Waals surface area contributed by atoms with Gasteiger partial charge in [-0.3, -0.25) is 4.79 Å². The Morgan fingerprint density at radius 1 is 1.00 bits per heavy atom. The van der Waals surface area contributed by atoms with Crippen molar-refractivity contribution < 1.29 is 4.79 Å². The summed E-state index contributed by atoms with van der Waals surface area (Å²) in [4.78, 5) is 14.8. The number of amides is 1. The largest absolute Gasteiger partial charge is 0.339 e. The van der Waals surface area contributed by atoms with Gasteiger partial charge in [-0.2, -0.15) is 0 Å². The lowest BCUT2D eigenvalue weighted by Crippen LogP contribution is -2.33. The van der Waals surface area contributed by atoms with Gasteiger partial charge in [-0.15, -0.1) is 0 Å².